The van der Waals surface area contributed by atoms with Crippen LogP contribution in [0.25, 0.3) is 11.1 Å². The predicted molar refractivity (Wildman–Crippen MR) is 84.1 cm³/mol. The summed E-state index contributed by atoms with van der Waals surface area (Å²) in [5.41, 5.74) is 3.29. The molecule has 0 bridgehead atoms. The highest BCUT2D eigenvalue weighted by Crippen LogP contribution is 2.40. The Morgan fingerprint density at radius 3 is 2.33 bits per heavy atom. The first kappa shape index (κ1) is 14.0. The van der Waals surface area contributed by atoms with Gasteiger partial charge in [-0.15, -0.1) is 0 Å². The maximum atomic E-state index is 5.34. The Balaban J connectivity index is 2.71. The zero-order valence-corrected chi connectivity index (χ0v) is 14.6. The lowest BCUT2D eigenvalue weighted by molar-refractivity contribution is 0.412. The zero-order valence-electron chi connectivity index (χ0n) is 9.80. The van der Waals surface area contributed by atoms with E-state index in [4.69, 9.17) is 4.74 Å². The van der Waals surface area contributed by atoms with Crippen LogP contribution in [0.2, 0.25) is 0 Å². The number of pyridine rings is 1. The largest absolute Gasteiger partial charge is 0.496 e. The molecule has 2 nitrogen and oxygen atoms in total. The van der Waals surface area contributed by atoms with Crippen LogP contribution in [0, 0.1) is 6.92 Å². The third kappa shape index (κ3) is 2.63. The van der Waals surface area contributed by atoms with Gasteiger partial charge in [-0.3, -0.25) is 4.98 Å². The van der Waals surface area contributed by atoms with Crippen LogP contribution in [-0.4, -0.2) is 12.1 Å². The van der Waals surface area contributed by atoms with Crippen molar-refractivity contribution in [3.8, 4) is 16.9 Å². The topological polar surface area (TPSA) is 22.1 Å². The summed E-state index contributed by atoms with van der Waals surface area (Å²) in [5, 5.41) is 0. The molecule has 0 fully saturated rings. The summed E-state index contributed by atoms with van der Waals surface area (Å²) in [6.07, 6.45) is 3.64. The summed E-state index contributed by atoms with van der Waals surface area (Å²) in [6, 6.07) is 3.99. The van der Waals surface area contributed by atoms with Gasteiger partial charge < -0.3 is 4.74 Å². The lowest BCUT2D eigenvalue weighted by Gasteiger charge is -2.13. The number of methoxy groups -OCH3 is 1. The molecule has 94 valence electrons. The van der Waals surface area contributed by atoms with Crippen molar-refractivity contribution in [2.24, 2.45) is 0 Å². The van der Waals surface area contributed by atoms with E-state index in [1.165, 1.54) is 0 Å². The molecule has 0 aliphatic rings. The van der Waals surface area contributed by atoms with Crippen molar-refractivity contribution in [2.45, 2.75) is 6.92 Å². The van der Waals surface area contributed by atoms with Gasteiger partial charge in [0.25, 0.3) is 0 Å². The molecule has 5 heteroatoms. The van der Waals surface area contributed by atoms with Crippen molar-refractivity contribution in [3.05, 3.63) is 43.5 Å². The molecule has 0 aliphatic heterocycles. The lowest BCUT2D eigenvalue weighted by atomic mass is 10.0. The molecule has 0 saturated carbocycles. The third-order valence-electron chi connectivity index (χ3n) is 2.60. The second kappa shape index (κ2) is 5.72. The second-order valence-corrected chi connectivity index (χ2v) is 6.34. The summed E-state index contributed by atoms with van der Waals surface area (Å²) in [7, 11) is 1.66. The molecular weight excluding hydrogens is 426 g/mol. The smallest absolute Gasteiger partial charge is 0.133 e. The number of hydrogen-bond donors (Lipinski definition) is 0. The van der Waals surface area contributed by atoms with E-state index in [0.717, 1.165) is 35.9 Å². The Morgan fingerprint density at radius 2 is 1.72 bits per heavy atom. The first-order valence-electron chi connectivity index (χ1n) is 5.18. The number of hydrogen-bond acceptors (Lipinski definition) is 2. The highest BCUT2D eigenvalue weighted by molar-refractivity contribution is 9.11. The first-order valence-corrected chi connectivity index (χ1v) is 7.56. The molecule has 2 aromatic rings. The molecule has 1 aromatic carbocycles. The monoisotopic (exact) mass is 433 g/mol. The van der Waals surface area contributed by atoms with Gasteiger partial charge >= 0.3 is 0 Å². The van der Waals surface area contributed by atoms with E-state index in [1.807, 2.05) is 25.3 Å². The average molecular weight is 436 g/mol. The van der Waals surface area contributed by atoms with Crippen molar-refractivity contribution >= 4 is 47.8 Å². The minimum absolute atomic E-state index is 0.802. The Labute approximate surface area is 131 Å². The second-order valence-electron chi connectivity index (χ2n) is 3.78. The number of rotatable bonds is 2. The molecule has 0 amide bonds. The van der Waals surface area contributed by atoms with Crippen LogP contribution < -0.4 is 4.74 Å². The molecule has 0 atom stereocenters. The normalized spacial score (nSPS) is 10.5. The SMILES string of the molecule is COc1cc(-c2c(C)cncc2Br)c(Br)cc1Br. The van der Waals surface area contributed by atoms with Crippen molar-refractivity contribution in [3.63, 3.8) is 0 Å². The van der Waals surface area contributed by atoms with Gasteiger partial charge in [-0.05, 0) is 56.5 Å². The molecule has 0 radical (unpaired) electrons. The Morgan fingerprint density at radius 1 is 1.00 bits per heavy atom. The quantitative estimate of drug-likeness (QED) is 0.634. The molecule has 0 N–H and O–H groups in total. The van der Waals surface area contributed by atoms with E-state index >= 15 is 0 Å². The van der Waals surface area contributed by atoms with Gasteiger partial charge in [0.05, 0.1) is 11.6 Å². The van der Waals surface area contributed by atoms with Gasteiger partial charge in [-0.1, -0.05) is 15.9 Å². The molecule has 0 saturated heterocycles. The van der Waals surface area contributed by atoms with Gasteiger partial charge in [0, 0.05) is 32.5 Å². The van der Waals surface area contributed by atoms with Crippen LogP contribution in [0.5, 0.6) is 5.75 Å². The van der Waals surface area contributed by atoms with Crippen LogP contribution in [0.1, 0.15) is 5.56 Å². The van der Waals surface area contributed by atoms with E-state index in [0.29, 0.717) is 0 Å². The average Bonchev–Trinajstić information content (AvgIpc) is 2.31. The van der Waals surface area contributed by atoms with Crippen LogP contribution in [0.3, 0.4) is 0 Å². The molecule has 0 spiro atoms. The van der Waals surface area contributed by atoms with Crippen LogP contribution in [0.4, 0.5) is 0 Å². The molecule has 18 heavy (non-hydrogen) atoms. The van der Waals surface area contributed by atoms with Crippen molar-refractivity contribution in [2.75, 3.05) is 7.11 Å². The predicted octanol–water partition coefficient (Wildman–Crippen LogP) is 5.35. The van der Waals surface area contributed by atoms with Crippen LogP contribution in [0.15, 0.2) is 37.9 Å². The van der Waals surface area contributed by atoms with Crippen molar-refractivity contribution < 1.29 is 4.74 Å². The van der Waals surface area contributed by atoms with Crippen molar-refractivity contribution in [1.82, 2.24) is 4.98 Å². The van der Waals surface area contributed by atoms with Gasteiger partial charge in [0.1, 0.15) is 5.75 Å². The minimum atomic E-state index is 0.802. The number of nitrogens with zero attached hydrogens (tertiary/aromatic N) is 1. The summed E-state index contributed by atoms with van der Waals surface area (Å²) in [5.74, 6) is 0.802. The fourth-order valence-electron chi connectivity index (χ4n) is 1.75. The Kier molecular flexibility index (Phi) is 4.45. The summed E-state index contributed by atoms with van der Waals surface area (Å²) < 4.78 is 8.23. The van der Waals surface area contributed by atoms with E-state index < -0.39 is 0 Å². The Hall–Kier alpha value is -0.390. The van der Waals surface area contributed by atoms with E-state index in [1.54, 1.807) is 13.3 Å². The molecule has 2 rings (SSSR count). The maximum Gasteiger partial charge on any atom is 0.133 e. The van der Waals surface area contributed by atoms with Crippen LogP contribution >= 0.6 is 47.8 Å². The highest BCUT2D eigenvalue weighted by atomic mass is 79.9. The maximum absolute atomic E-state index is 5.34. The molecule has 1 heterocycles. The number of benzene rings is 1. The third-order valence-corrected chi connectivity index (χ3v) is 4.48. The number of halogens is 3. The number of ether oxygens (including phenoxy) is 1. The number of aromatic nitrogens is 1. The highest BCUT2D eigenvalue weighted by Gasteiger charge is 2.13. The summed E-state index contributed by atoms with van der Waals surface area (Å²) >= 11 is 10.6. The standard InChI is InChI=1S/C13H10Br3NO/c1-7-5-17-6-11(16)13(7)8-3-12(18-2)10(15)4-9(8)14/h3-6H,1-2H3. The molecule has 0 aliphatic carbocycles. The lowest BCUT2D eigenvalue weighted by Crippen LogP contribution is -1.91. The van der Waals surface area contributed by atoms with E-state index in [2.05, 4.69) is 52.8 Å². The minimum Gasteiger partial charge on any atom is -0.496 e. The van der Waals surface area contributed by atoms with Gasteiger partial charge in [-0.25, -0.2) is 0 Å². The fourth-order valence-corrected chi connectivity index (χ4v) is 3.75. The van der Waals surface area contributed by atoms with Crippen molar-refractivity contribution in [1.29, 1.82) is 0 Å². The summed E-state index contributed by atoms with van der Waals surface area (Å²) in [4.78, 5) is 4.16. The molecule has 0 unspecified atom stereocenters. The zero-order chi connectivity index (χ0) is 13.3. The number of aryl methyl sites for hydroxylation is 1. The van der Waals surface area contributed by atoms with Crippen LogP contribution in [-0.2, 0) is 0 Å². The van der Waals surface area contributed by atoms with Gasteiger partial charge in [0.15, 0.2) is 0 Å². The van der Waals surface area contributed by atoms with Gasteiger partial charge in [0.2, 0.25) is 0 Å². The fraction of sp³-hybridized carbons (Fsp3) is 0.154. The molecule has 1 aromatic heterocycles. The van der Waals surface area contributed by atoms with E-state index in [9.17, 15) is 0 Å². The Bertz CT molecular complexity index is 579. The van der Waals surface area contributed by atoms with E-state index in [-0.39, 0.29) is 0 Å². The first-order chi connectivity index (χ1) is 8.54. The summed E-state index contributed by atoms with van der Waals surface area (Å²) in [6.45, 7) is 2.04. The van der Waals surface area contributed by atoms with Gasteiger partial charge in [-0.2, -0.15) is 0 Å². The molecular formula is C13H10Br3NO.